The molecule has 0 aliphatic heterocycles. The van der Waals surface area contributed by atoms with Crippen LogP contribution in [0.1, 0.15) is 21.5 Å². The topological polar surface area (TPSA) is 52.8 Å². The Labute approximate surface area is 150 Å². The predicted octanol–water partition coefficient (Wildman–Crippen LogP) is 3.61. The molecule has 3 rings (SSSR count). The molecular formula is C19H20N2O3S. The highest BCUT2D eigenvalue weighted by molar-refractivity contribution is 7.16. The molecule has 0 aliphatic rings. The molecule has 25 heavy (non-hydrogen) atoms. The molecule has 1 aromatic heterocycles. The number of aromatic nitrogens is 1. The summed E-state index contributed by atoms with van der Waals surface area (Å²) in [6.07, 6.45) is 0. The lowest BCUT2D eigenvalue weighted by molar-refractivity contribution is 0.0994. The van der Waals surface area contributed by atoms with Gasteiger partial charge in [-0.1, -0.05) is 23.5 Å². The second-order valence-corrected chi connectivity index (χ2v) is 6.84. The average molecular weight is 356 g/mol. The first-order chi connectivity index (χ1) is 12.0. The van der Waals surface area contributed by atoms with Crippen molar-refractivity contribution in [2.45, 2.75) is 13.8 Å². The highest BCUT2D eigenvalue weighted by Gasteiger charge is 2.16. The monoisotopic (exact) mass is 356 g/mol. The highest BCUT2D eigenvalue weighted by atomic mass is 32.1. The van der Waals surface area contributed by atoms with Crippen LogP contribution < -0.4 is 14.3 Å². The quantitative estimate of drug-likeness (QED) is 0.720. The fraction of sp³-hybridized carbons (Fsp3) is 0.263. The van der Waals surface area contributed by atoms with Crippen LogP contribution in [0.4, 0.5) is 0 Å². The number of benzene rings is 2. The van der Waals surface area contributed by atoms with Gasteiger partial charge in [0.05, 0.1) is 30.0 Å². The molecule has 0 saturated carbocycles. The molecular weight excluding hydrogens is 336 g/mol. The highest BCUT2D eigenvalue weighted by Crippen LogP contribution is 2.31. The van der Waals surface area contributed by atoms with Crippen molar-refractivity contribution in [3.8, 4) is 11.5 Å². The molecule has 0 fully saturated rings. The van der Waals surface area contributed by atoms with E-state index in [4.69, 9.17) is 9.47 Å². The lowest BCUT2D eigenvalue weighted by Crippen LogP contribution is -2.14. The van der Waals surface area contributed by atoms with E-state index in [1.54, 1.807) is 25.3 Å². The number of rotatable bonds is 3. The summed E-state index contributed by atoms with van der Waals surface area (Å²) in [6.45, 7) is 4.13. The van der Waals surface area contributed by atoms with Crippen molar-refractivity contribution >= 4 is 27.5 Å². The molecule has 2 aromatic carbocycles. The third-order valence-electron chi connectivity index (χ3n) is 4.06. The number of thiazole rings is 1. The van der Waals surface area contributed by atoms with E-state index < -0.39 is 0 Å². The minimum absolute atomic E-state index is 0.354. The molecule has 0 unspecified atom stereocenters. The molecule has 0 N–H and O–H groups in total. The Balaban J connectivity index is 2.16. The zero-order valence-corrected chi connectivity index (χ0v) is 15.7. The summed E-state index contributed by atoms with van der Waals surface area (Å²) in [6, 6.07) is 9.44. The van der Waals surface area contributed by atoms with Gasteiger partial charge in [-0.05, 0) is 43.2 Å². The number of methoxy groups -OCH3 is 2. The van der Waals surface area contributed by atoms with E-state index in [0.717, 1.165) is 10.2 Å². The summed E-state index contributed by atoms with van der Waals surface area (Å²) in [5.74, 6) is 0.553. The normalized spacial score (nSPS) is 11.8. The van der Waals surface area contributed by atoms with Crippen molar-refractivity contribution in [1.29, 1.82) is 0 Å². The van der Waals surface area contributed by atoms with Crippen LogP contribution in [0, 0.1) is 13.8 Å². The van der Waals surface area contributed by atoms with Crippen molar-refractivity contribution in [1.82, 2.24) is 4.57 Å². The molecule has 5 nitrogen and oxygen atoms in total. The number of nitrogens with zero attached hydrogens (tertiary/aromatic N) is 2. The van der Waals surface area contributed by atoms with E-state index in [1.807, 2.05) is 11.6 Å². The van der Waals surface area contributed by atoms with Crippen LogP contribution in [0.3, 0.4) is 0 Å². The Morgan fingerprint density at radius 3 is 2.60 bits per heavy atom. The molecule has 6 heteroatoms. The first-order valence-corrected chi connectivity index (χ1v) is 8.64. The van der Waals surface area contributed by atoms with Crippen LogP contribution in [-0.4, -0.2) is 24.7 Å². The molecule has 0 saturated heterocycles. The van der Waals surface area contributed by atoms with E-state index in [2.05, 4.69) is 31.0 Å². The van der Waals surface area contributed by atoms with Gasteiger partial charge in [-0.15, -0.1) is 0 Å². The number of fused-ring (bicyclic) bond motifs is 1. The maximum absolute atomic E-state index is 12.7. The third kappa shape index (κ3) is 3.05. The van der Waals surface area contributed by atoms with Crippen LogP contribution in [-0.2, 0) is 7.05 Å². The molecule has 3 aromatic rings. The largest absolute Gasteiger partial charge is 0.493 e. The van der Waals surface area contributed by atoms with Crippen molar-refractivity contribution in [3.63, 3.8) is 0 Å². The van der Waals surface area contributed by atoms with Gasteiger partial charge in [0.2, 0.25) is 0 Å². The Hall–Kier alpha value is -2.60. The zero-order valence-electron chi connectivity index (χ0n) is 14.9. The van der Waals surface area contributed by atoms with Gasteiger partial charge < -0.3 is 14.0 Å². The number of carbonyl (C=O) groups excluding carboxylic acids is 1. The molecule has 0 bridgehead atoms. The van der Waals surface area contributed by atoms with E-state index in [1.165, 1.54) is 29.6 Å². The van der Waals surface area contributed by atoms with E-state index in [-0.39, 0.29) is 5.91 Å². The van der Waals surface area contributed by atoms with Gasteiger partial charge >= 0.3 is 0 Å². The number of carbonyl (C=O) groups is 1. The molecule has 130 valence electrons. The fourth-order valence-corrected chi connectivity index (χ4v) is 4.18. The number of para-hydroxylation sites is 1. The van der Waals surface area contributed by atoms with E-state index in [0.29, 0.717) is 21.9 Å². The summed E-state index contributed by atoms with van der Waals surface area (Å²) in [7, 11) is 4.98. The van der Waals surface area contributed by atoms with E-state index >= 15 is 0 Å². The number of ether oxygens (including phenoxy) is 2. The predicted molar refractivity (Wildman–Crippen MR) is 99.7 cm³/mol. The van der Waals surface area contributed by atoms with Gasteiger partial charge in [-0.2, -0.15) is 4.99 Å². The average Bonchev–Trinajstić information content (AvgIpc) is 2.89. The van der Waals surface area contributed by atoms with Crippen LogP contribution in [0.5, 0.6) is 11.5 Å². The molecule has 0 spiro atoms. The second-order valence-electron chi connectivity index (χ2n) is 5.83. The molecule has 0 radical (unpaired) electrons. The first-order valence-electron chi connectivity index (χ1n) is 7.83. The van der Waals surface area contributed by atoms with Crippen LogP contribution in [0.15, 0.2) is 35.3 Å². The Kier molecular flexibility index (Phi) is 4.63. The standard InChI is InChI=1S/C19H20N2O3S/c1-11-9-12(2)16-15(10-11)25-19(21(16)3)20-18(22)13-7-6-8-14(23-4)17(13)24-5/h6-10H,1-5H3. The lowest BCUT2D eigenvalue weighted by atomic mass is 10.1. The van der Waals surface area contributed by atoms with E-state index in [9.17, 15) is 4.79 Å². The smallest absolute Gasteiger partial charge is 0.283 e. The van der Waals surface area contributed by atoms with Crippen LogP contribution in [0.25, 0.3) is 10.2 Å². The van der Waals surface area contributed by atoms with Gasteiger partial charge in [0.1, 0.15) is 0 Å². The zero-order chi connectivity index (χ0) is 18.1. The molecule has 0 aliphatic carbocycles. The van der Waals surface area contributed by atoms with Crippen molar-refractivity contribution in [2.75, 3.05) is 14.2 Å². The minimum Gasteiger partial charge on any atom is -0.493 e. The maximum Gasteiger partial charge on any atom is 0.283 e. The molecule has 1 heterocycles. The Morgan fingerprint density at radius 1 is 1.16 bits per heavy atom. The van der Waals surface area contributed by atoms with Gasteiger partial charge in [-0.3, -0.25) is 4.79 Å². The van der Waals surface area contributed by atoms with Crippen LogP contribution >= 0.6 is 11.3 Å². The van der Waals surface area contributed by atoms with Gasteiger partial charge in [-0.25, -0.2) is 0 Å². The third-order valence-corrected chi connectivity index (χ3v) is 5.14. The Morgan fingerprint density at radius 2 is 1.92 bits per heavy atom. The van der Waals surface area contributed by atoms with Crippen LogP contribution in [0.2, 0.25) is 0 Å². The number of aryl methyl sites for hydroxylation is 3. The first kappa shape index (κ1) is 17.2. The number of hydrogen-bond donors (Lipinski definition) is 0. The summed E-state index contributed by atoms with van der Waals surface area (Å²) < 4.78 is 13.7. The lowest BCUT2D eigenvalue weighted by Gasteiger charge is -2.09. The van der Waals surface area contributed by atoms with Gasteiger partial charge in [0, 0.05) is 7.05 Å². The van der Waals surface area contributed by atoms with Gasteiger partial charge in [0.15, 0.2) is 16.3 Å². The summed E-state index contributed by atoms with van der Waals surface area (Å²) >= 11 is 1.50. The molecule has 1 amide bonds. The SMILES string of the molecule is COc1cccc(C(=O)N=c2sc3cc(C)cc(C)c3n2C)c1OC. The molecule has 0 atom stereocenters. The summed E-state index contributed by atoms with van der Waals surface area (Å²) in [5.41, 5.74) is 3.84. The number of hydrogen-bond acceptors (Lipinski definition) is 4. The summed E-state index contributed by atoms with van der Waals surface area (Å²) in [5, 5.41) is 0. The minimum atomic E-state index is -0.354. The number of amides is 1. The van der Waals surface area contributed by atoms with Crippen molar-refractivity contribution in [3.05, 3.63) is 51.8 Å². The maximum atomic E-state index is 12.7. The van der Waals surface area contributed by atoms with Gasteiger partial charge in [0.25, 0.3) is 5.91 Å². The fourth-order valence-electron chi connectivity index (χ4n) is 2.99. The van der Waals surface area contributed by atoms with Crippen molar-refractivity contribution < 1.29 is 14.3 Å². The summed E-state index contributed by atoms with van der Waals surface area (Å²) in [4.78, 5) is 17.7. The Bertz CT molecular complexity index is 1030. The second kappa shape index (κ2) is 6.72. The van der Waals surface area contributed by atoms with Crippen molar-refractivity contribution in [2.24, 2.45) is 12.0 Å².